The van der Waals surface area contributed by atoms with Crippen LogP contribution in [0.3, 0.4) is 0 Å². The highest BCUT2D eigenvalue weighted by Gasteiger charge is 2.27. The molecule has 1 saturated heterocycles. The van der Waals surface area contributed by atoms with E-state index in [2.05, 4.69) is 0 Å². The monoisotopic (exact) mass is 222 g/mol. The third-order valence-corrected chi connectivity index (χ3v) is 4.26. The molecule has 14 heavy (non-hydrogen) atoms. The minimum absolute atomic E-state index is 0.0251. The average Bonchev–Trinajstić information content (AvgIpc) is 2.29. The lowest BCUT2D eigenvalue weighted by molar-refractivity contribution is 0.125. The topological polar surface area (TPSA) is 72.6 Å². The molecule has 0 bridgehead atoms. The van der Waals surface area contributed by atoms with Crippen molar-refractivity contribution in [2.45, 2.75) is 19.4 Å². The summed E-state index contributed by atoms with van der Waals surface area (Å²) in [5.74, 6) is 0.0251. The second-order valence-corrected chi connectivity index (χ2v) is 5.53. The molecule has 1 atom stereocenters. The molecular weight excluding hydrogens is 204 g/mol. The lowest BCUT2D eigenvalue weighted by Gasteiger charge is -2.25. The Labute approximate surface area is 85.3 Å². The molecule has 0 amide bonds. The van der Waals surface area contributed by atoms with E-state index in [0.29, 0.717) is 19.8 Å². The first-order valence-electron chi connectivity index (χ1n) is 4.85. The summed E-state index contributed by atoms with van der Waals surface area (Å²) in [6.45, 7) is 3.69. The van der Waals surface area contributed by atoms with E-state index < -0.39 is 10.0 Å². The summed E-state index contributed by atoms with van der Waals surface area (Å²) in [6, 6.07) is -0.0750. The summed E-state index contributed by atoms with van der Waals surface area (Å²) in [7, 11) is -3.18. The molecule has 2 N–H and O–H groups in total. The van der Waals surface area contributed by atoms with Gasteiger partial charge in [-0.15, -0.1) is 0 Å². The molecule has 1 aliphatic rings. The normalized spacial score (nSPS) is 26.0. The third kappa shape index (κ3) is 2.91. The van der Waals surface area contributed by atoms with Crippen molar-refractivity contribution in [1.82, 2.24) is 4.31 Å². The molecule has 1 heterocycles. The summed E-state index contributed by atoms with van der Waals surface area (Å²) >= 11 is 0. The van der Waals surface area contributed by atoms with Crippen LogP contribution in [0.4, 0.5) is 0 Å². The zero-order chi connectivity index (χ0) is 10.6. The van der Waals surface area contributed by atoms with Gasteiger partial charge >= 0.3 is 0 Å². The fraction of sp³-hybridized carbons (Fsp3) is 1.00. The van der Waals surface area contributed by atoms with Crippen molar-refractivity contribution in [3.63, 3.8) is 0 Å². The van der Waals surface area contributed by atoms with Crippen molar-refractivity contribution in [1.29, 1.82) is 0 Å². The molecule has 1 fully saturated rings. The van der Waals surface area contributed by atoms with Gasteiger partial charge in [0.25, 0.3) is 0 Å². The van der Waals surface area contributed by atoms with E-state index in [9.17, 15) is 8.42 Å². The van der Waals surface area contributed by atoms with Gasteiger partial charge in [0.05, 0.1) is 12.4 Å². The van der Waals surface area contributed by atoms with Crippen LogP contribution in [-0.4, -0.2) is 50.8 Å². The maximum Gasteiger partial charge on any atom is 0.215 e. The minimum Gasteiger partial charge on any atom is -0.380 e. The Morgan fingerprint density at radius 3 is 2.93 bits per heavy atom. The van der Waals surface area contributed by atoms with Gasteiger partial charge in [0.15, 0.2) is 0 Å². The number of sulfonamides is 1. The molecule has 6 heteroatoms. The average molecular weight is 222 g/mol. The zero-order valence-corrected chi connectivity index (χ0v) is 9.29. The first kappa shape index (κ1) is 11.9. The smallest absolute Gasteiger partial charge is 0.215 e. The van der Waals surface area contributed by atoms with Crippen LogP contribution in [0.15, 0.2) is 0 Å². The Kier molecular flexibility index (Phi) is 4.31. The molecule has 0 aromatic rings. The molecule has 0 aliphatic carbocycles. The van der Waals surface area contributed by atoms with Crippen molar-refractivity contribution >= 4 is 10.0 Å². The summed E-state index contributed by atoms with van der Waals surface area (Å²) in [5, 5.41) is 0. The van der Waals surface area contributed by atoms with Crippen LogP contribution < -0.4 is 5.73 Å². The minimum atomic E-state index is -3.18. The van der Waals surface area contributed by atoms with Crippen LogP contribution in [0, 0.1) is 0 Å². The lowest BCUT2D eigenvalue weighted by atomic mass is 10.3. The Bertz CT molecular complexity index is 266. The summed E-state index contributed by atoms with van der Waals surface area (Å²) < 4.78 is 30.3. The fourth-order valence-electron chi connectivity index (χ4n) is 1.56. The van der Waals surface area contributed by atoms with Crippen LogP contribution in [-0.2, 0) is 14.8 Å². The first-order chi connectivity index (χ1) is 6.58. The van der Waals surface area contributed by atoms with E-state index in [1.165, 1.54) is 4.31 Å². The van der Waals surface area contributed by atoms with Crippen LogP contribution in [0.2, 0.25) is 0 Å². The van der Waals surface area contributed by atoms with E-state index in [-0.39, 0.29) is 18.3 Å². The second-order valence-electron chi connectivity index (χ2n) is 3.49. The van der Waals surface area contributed by atoms with Crippen molar-refractivity contribution in [3.05, 3.63) is 0 Å². The molecule has 0 aromatic carbocycles. The predicted molar refractivity (Wildman–Crippen MR) is 54.4 cm³/mol. The van der Waals surface area contributed by atoms with Gasteiger partial charge in [0.2, 0.25) is 10.0 Å². The Morgan fingerprint density at radius 1 is 1.57 bits per heavy atom. The van der Waals surface area contributed by atoms with Crippen LogP contribution in [0.1, 0.15) is 13.3 Å². The van der Waals surface area contributed by atoms with Gasteiger partial charge in [-0.2, -0.15) is 4.31 Å². The Morgan fingerprint density at radius 2 is 2.29 bits per heavy atom. The first-order valence-corrected chi connectivity index (χ1v) is 6.46. The predicted octanol–water partition coefficient (Wildman–Crippen LogP) is -0.614. The van der Waals surface area contributed by atoms with E-state index in [0.717, 1.165) is 6.42 Å². The fourth-order valence-corrected chi connectivity index (χ4v) is 3.11. The van der Waals surface area contributed by atoms with Gasteiger partial charge in [-0.05, 0) is 13.3 Å². The molecule has 84 valence electrons. The van der Waals surface area contributed by atoms with E-state index >= 15 is 0 Å². The number of hydrogen-bond acceptors (Lipinski definition) is 4. The number of rotatable bonds is 3. The van der Waals surface area contributed by atoms with Crippen molar-refractivity contribution < 1.29 is 13.2 Å². The molecule has 0 spiro atoms. The molecule has 0 aromatic heterocycles. The largest absolute Gasteiger partial charge is 0.380 e. The highest BCUT2D eigenvalue weighted by atomic mass is 32.2. The van der Waals surface area contributed by atoms with Gasteiger partial charge in [0.1, 0.15) is 0 Å². The van der Waals surface area contributed by atoms with Crippen LogP contribution in [0.25, 0.3) is 0 Å². The van der Waals surface area contributed by atoms with Crippen LogP contribution in [0.5, 0.6) is 0 Å². The highest BCUT2D eigenvalue weighted by Crippen LogP contribution is 2.12. The number of nitrogens with zero attached hydrogens (tertiary/aromatic N) is 1. The number of hydrogen-bond donors (Lipinski definition) is 1. The highest BCUT2D eigenvalue weighted by molar-refractivity contribution is 7.89. The second kappa shape index (κ2) is 5.06. The lowest BCUT2D eigenvalue weighted by Crippen LogP contribution is -2.42. The van der Waals surface area contributed by atoms with Crippen molar-refractivity contribution in [3.8, 4) is 0 Å². The van der Waals surface area contributed by atoms with E-state index in [4.69, 9.17) is 10.5 Å². The zero-order valence-electron chi connectivity index (χ0n) is 8.48. The van der Waals surface area contributed by atoms with Gasteiger partial charge in [0, 0.05) is 25.7 Å². The van der Waals surface area contributed by atoms with Crippen LogP contribution >= 0.6 is 0 Å². The maximum atomic E-state index is 11.7. The van der Waals surface area contributed by atoms with Crippen molar-refractivity contribution in [2.24, 2.45) is 5.73 Å². The standard InChI is InChI=1S/C8H18N2O3S/c1-8-7-13-5-2-4-10(8)14(11,12)6-3-9/h8H,2-7,9H2,1H3. The molecule has 0 saturated carbocycles. The molecule has 1 rings (SSSR count). The van der Waals surface area contributed by atoms with Gasteiger partial charge < -0.3 is 10.5 Å². The van der Waals surface area contributed by atoms with Gasteiger partial charge in [-0.3, -0.25) is 0 Å². The Hall–Kier alpha value is -0.170. The maximum absolute atomic E-state index is 11.7. The SMILES string of the molecule is CC1COCCCN1S(=O)(=O)CCN. The van der Waals surface area contributed by atoms with Gasteiger partial charge in [-0.25, -0.2) is 8.42 Å². The Balaban J connectivity index is 2.72. The van der Waals surface area contributed by atoms with Gasteiger partial charge in [-0.1, -0.05) is 0 Å². The van der Waals surface area contributed by atoms with E-state index in [1.54, 1.807) is 0 Å². The molecule has 1 aliphatic heterocycles. The molecular formula is C8H18N2O3S. The summed E-state index contributed by atoms with van der Waals surface area (Å²) in [5.41, 5.74) is 5.27. The van der Waals surface area contributed by atoms with Crippen molar-refractivity contribution in [2.75, 3.05) is 32.1 Å². The summed E-state index contributed by atoms with van der Waals surface area (Å²) in [6.07, 6.45) is 0.758. The molecule has 5 nitrogen and oxygen atoms in total. The van der Waals surface area contributed by atoms with E-state index in [1.807, 2.05) is 6.92 Å². The molecule has 0 radical (unpaired) electrons. The molecule has 1 unspecified atom stereocenters. The number of ether oxygens (including phenoxy) is 1. The quantitative estimate of drug-likeness (QED) is 0.691. The number of nitrogens with two attached hydrogens (primary N) is 1. The third-order valence-electron chi connectivity index (χ3n) is 2.25. The summed E-state index contributed by atoms with van der Waals surface area (Å²) in [4.78, 5) is 0.